The minimum Gasteiger partial charge on any atom is -0.248 e. The zero-order valence-electron chi connectivity index (χ0n) is 5.89. The molecule has 0 N–H and O–H groups in total. The smallest absolute Gasteiger partial charge is 0.0243 e. The molecule has 2 nitrogen and oxygen atoms in total. The highest BCUT2D eigenvalue weighted by Crippen LogP contribution is 2.25. The molecule has 1 rings (SSSR count). The van der Waals surface area contributed by atoms with Crippen LogP contribution in [0.5, 0.6) is 0 Å². The summed E-state index contributed by atoms with van der Waals surface area (Å²) in [4.78, 5) is 0. The molecule has 1 saturated carbocycles. The van der Waals surface area contributed by atoms with Crippen LogP contribution in [0.4, 0.5) is 0 Å². The minimum atomic E-state index is 0.852. The molecule has 1 aliphatic rings. The second-order valence-corrected chi connectivity index (χ2v) is 2.65. The van der Waals surface area contributed by atoms with E-state index in [4.69, 9.17) is 0 Å². The van der Waals surface area contributed by atoms with Gasteiger partial charge in [0.25, 0.3) is 0 Å². The Labute approximate surface area is 51.0 Å². The first-order valence-electron chi connectivity index (χ1n) is 3.12. The van der Waals surface area contributed by atoms with Gasteiger partial charge in [-0.25, -0.2) is 10.0 Å². The summed E-state index contributed by atoms with van der Waals surface area (Å²) in [5, 5.41) is 4.41. The van der Waals surface area contributed by atoms with Crippen molar-refractivity contribution in [3.05, 3.63) is 0 Å². The summed E-state index contributed by atoms with van der Waals surface area (Å²) in [6.45, 7) is 0. The Bertz CT molecular complexity index is 74.6. The van der Waals surface area contributed by atoms with E-state index in [-0.39, 0.29) is 0 Å². The molecule has 0 unspecified atom stereocenters. The van der Waals surface area contributed by atoms with Gasteiger partial charge in [0.05, 0.1) is 0 Å². The van der Waals surface area contributed by atoms with Crippen LogP contribution >= 0.6 is 0 Å². The van der Waals surface area contributed by atoms with E-state index in [9.17, 15) is 0 Å². The second-order valence-electron chi connectivity index (χ2n) is 2.65. The Morgan fingerprint density at radius 1 is 1.12 bits per heavy atom. The van der Waals surface area contributed by atoms with Crippen LogP contribution in [0.15, 0.2) is 0 Å². The van der Waals surface area contributed by atoms with Crippen LogP contribution in [0.3, 0.4) is 0 Å². The van der Waals surface area contributed by atoms with Crippen LogP contribution in [0.2, 0.25) is 0 Å². The first-order valence-corrected chi connectivity index (χ1v) is 3.12. The van der Waals surface area contributed by atoms with E-state index in [1.165, 1.54) is 12.8 Å². The van der Waals surface area contributed by atoms with Crippen molar-refractivity contribution in [1.82, 2.24) is 10.0 Å². The van der Waals surface area contributed by atoms with Crippen molar-refractivity contribution in [2.45, 2.75) is 18.9 Å². The molecule has 48 valence electrons. The van der Waals surface area contributed by atoms with Crippen LogP contribution in [0.25, 0.3) is 0 Å². The van der Waals surface area contributed by atoms with Gasteiger partial charge in [0.15, 0.2) is 0 Å². The van der Waals surface area contributed by atoms with Gasteiger partial charge in [-0.1, -0.05) is 0 Å². The van der Waals surface area contributed by atoms with E-state index < -0.39 is 0 Å². The van der Waals surface area contributed by atoms with Crippen molar-refractivity contribution in [3.8, 4) is 0 Å². The molecule has 0 bridgehead atoms. The molecule has 0 aromatic heterocycles. The molecule has 2 heteroatoms. The molecule has 0 amide bonds. The standard InChI is InChI=1S/C6H14N2/c1-7(2)8(3)6-4-5-6/h6H,4-5H2,1-3H3. The van der Waals surface area contributed by atoms with Crippen molar-refractivity contribution in [2.24, 2.45) is 0 Å². The van der Waals surface area contributed by atoms with E-state index in [0.717, 1.165) is 6.04 Å². The quantitative estimate of drug-likeness (QED) is 0.484. The van der Waals surface area contributed by atoms with Crippen molar-refractivity contribution < 1.29 is 0 Å². The third-order valence-electron chi connectivity index (χ3n) is 1.71. The molecule has 1 aliphatic carbocycles. The third kappa shape index (κ3) is 1.20. The van der Waals surface area contributed by atoms with E-state index in [1.54, 1.807) is 0 Å². The highest BCUT2D eigenvalue weighted by atomic mass is 15.6. The van der Waals surface area contributed by atoms with Gasteiger partial charge in [0.1, 0.15) is 0 Å². The first kappa shape index (κ1) is 6.05. The predicted octanol–water partition coefficient (Wildman–Crippen LogP) is 0.557. The summed E-state index contributed by atoms with van der Waals surface area (Å²) in [6, 6.07) is 0.852. The van der Waals surface area contributed by atoms with Gasteiger partial charge >= 0.3 is 0 Å². The zero-order chi connectivity index (χ0) is 6.15. The van der Waals surface area contributed by atoms with Crippen molar-refractivity contribution >= 4 is 0 Å². The number of rotatable bonds is 2. The molecule has 1 fully saturated rings. The molecule has 0 saturated heterocycles. The summed E-state index contributed by atoms with van der Waals surface area (Å²) < 4.78 is 0. The fourth-order valence-corrected chi connectivity index (χ4v) is 0.775. The monoisotopic (exact) mass is 114 g/mol. The highest BCUT2D eigenvalue weighted by molar-refractivity contribution is 4.80. The molecule has 0 spiro atoms. The maximum atomic E-state index is 2.28. The predicted molar refractivity (Wildman–Crippen MR) is 34.5 cm³/mol. The Morgan fingerprint density at radius 3 is 1.75 bits per heavy atom. The topological polar surface area (TPSA) is 6.48 Å². The zero-order valence-corrected chi connectivity index (χ0v) is 5.89. The van der Waals surface area contributed by atoms with Crippen LogP contribution in [-0.4, -0.2) is 37.2 Å². The molecule has 0 aromatic carbocycles. The molecular formula is C6H14N2. The molecule has 0 aromatic rings. The van der Waals surface area contributed by atoms with Crippen LogP contribution in [0, 0.1) is 0 Å². The van der Waals surface area contributed by atoms with Gasteiger partial charge in [-0.15, -0.1) is 0 Å². The maximum Gasteiger partial charge on any atom is 0.0243 e. The molecule has 0 heterocycles. The number of hydrogen-bond acceptors (Lipinski definition) is 2. The summed E-state index contributed by atoms with van der Waals surface area (Å²) in [5.41, 5.74) is 0. The van der Waals surface area contributed by atoms with Gasteiger partial charge in [0, 0.05) is 27.2 Å². The average molecular weight is 114 g/mol. The lowest BCUT2D eigenvalue weighted by Crippen LogP contribution is -2.34. The summed E-state index contributed by atoms with van der Waals surface area (Å²) in [6.07, 6.45) is 2.77. The SMILES string of the molecule is CN(C)N(C)C1CC1. The molecule has 0 atom stereocenters. The fraction of sp³-hybridized carbons (Fsp3) is 1.00. The molecule has 0 radical (unpaired) electrons. The van der Waals surface area contributed by atoms with Crippen molar-refractivity contribution in [3.63, 3.8) is 0 Å². The maximum absolute atomic E-state index is 2.28. The van der Waals surface area contributed by atoms with Crippen LogP contribution in [0.1, 0.15) is 12.8 Å². The average Bonchev–Trinajstić information content (AvgIpc) is 2.43. The van der Waals surface area contributed by atoms with Gasteiger partial charge < -0.3 is 0 Å². The Kier molecular flexibility index (Phi) is 1.54. The lowest BCUT2D eigenvalue weighted by molar-refractivity contribution is 0.0471. The summed E-state index contributed by atoms with van der Waals surface area (Å²) >= 11 is 0. The molecular weight excluding hydrogens is 100 g/mol. The summed E-state index contributed by atoms with van der Waals surface area (Å²) in [7, 11) is 6.30. The lowest BCUT2D eigenvalue weighted by atomic mass is 10.7. The molecule has 0 aliphatic heterocycles. The first-order chi connectivity index (χ1) is 3.72. The number of hydrogen-bond donors (Lipinski definition) is 0. The normalized spacial score (nSPS) is 20.6. The van der Waals surface area contributed by atoms with Crippen LogP contribution < -0.4 is 0 Å². The Morgan fingerprint density at radius 2 is 1.62 bits per heavy atom. The van der Waals surface area contributed by atoms with E-state index >= 15 is 0 Å². The van der Waals surface area contributed by atoms with Crippen LogP contribution in [-0.2, 0) is 0 Å². The largest absolute Gasteiger partial charge is 0.248 e. The van der Waals surface area contributed by atoms with Crippen molar-refractivity contribution in [2.75, 3.05) is 21.1 Å². The molecule has 8 heavy (non-hydrogen) atoms. The minimum absolute atomic E-state index is 0.852. The fourth-order valence-electron chi connectivity index (χ4n) is 0.775. The number of nitrogens with zero attached hydrogens (tertiary/aromatic N) is 2. The van der Waals surface area contributed by atoms with E-state index in [1.807, 2.05) is 0 Å². The van der Waals surface area contributed by atoms with E-state index in [2.05, 4.69) is 31.2 Å². The highest BCUT2D eigenvalue weighted by Gasteiger charge is 2.26. The Hall–Kier alpha value is -0.0800. The van der Waals surface area contributed by atoms with E-state index in [0.29, 0.717) is 0 Å². The number of hydrazine groups is 1. The van der Waals surface area contributed by atoms with Gasteiger partial charge in [-0.2, -0.15) is 0 Å². The van der Waals surface area contributed by atoms with Gasteiger partial charge in [0.2, 0.25) is 0 Å². The second kappa shape index (κ2) is 2.03. The van der Waals surface area contributed by atoms with Gasteiger partial charge in [-0.3, -0.25) is 0 Å². The Balaban J connectivity index is 2.22. The third-order valence-corrected chi connectivity index (χ3v) is 1.71. The lowest BCUT2D eigenvalue weighted by Gasteiger charge is -2.23. The summed E-state index contributed by atoms with van der Waals surface area (Å²) in [5.74, 6) is 0. The van der Waals surface area contributed by atoms with Crippen molar-refractivity contribution in [1.29, 1.82) is 0 Å². The van der Waals surface area contributed by atoms with Gasteiger partial charge in [-0.05, 0) is 12.8 Å².